The van der Waals surface area contributed by atoms with Crippen LogP contribution in [0.4, 0.5) is 4.79 Å². The van der Waals surface area contributed by atoms with Gasteiger partial charge in [-0.05, 0) is 46.0 Å². The summed E-state index contributed by atoms with van der Waals surface area (Å²) in [6, 6.07) is 0. The van der Waals surface area contributed by atoms with Crippen molar-refractivity contribution < 1.29 is 9.53 Å². The monoisotopic (exact) mass is 293 g/mol. The maximum Gasteiger partial charge on any atom is 0.413 e. The summed E-state index contributed by atoms with van der Waals surface area (Å²) in [6.45, 7) is 5.58. The van der Waals surface area contributed by atoms with Gasteiger partial charge in [0.05, 0.1) is 12.4 Å². The Morgan fingerprint density at radius 3 is 2.67 bits per heavy atom. The molecule has 2 N–H and O–H groups in total. The van der Waals surface area contributed by atoms with Crippen LogP contribution in [0, 0.1) is 11.8 Å². The van der Waals surface area contributed by atoms with Crippen LogP contribution in [0.1, 0.15) is 46.2 Å². The predicted molar refractivity (Wildman–Crippen MR) is 75.9 cm³/mol. The summed E-state index contributed by atoms with van der Waals surface area (Å²) in [5, 5.41) is 7.95. The predicted octanol–water partition coefficient (Wildman–Crippen LogP) is 1.73. The van der Waals surface area contributed by atoms with Crippen molar-refractivity contribution in [1.29, 1.82) is 0 Å². The zero-order chi connectivity index (χ0) is 15.2. The van der Waals surface area contributed by atoms with E-state index in [1.165, 1.54) is 0 Å². The number of nitrogens with zero attached hydrogens (tertiary/aromatic N) is 4. The molecule has 1 saturated heterocycles. The molecule has 2 aliphatic rings. The lowest BCUT2D eigenvalue weighted by atomic mass is 9.93. The van der Waals surface area contributed by atoms with Crippen molar-refractivity contribution >= 4 is 6.09 Å². The average Bonchev–Trinajstić information content (AvgIpc) is 3.02. The lowest BCUT2D eigenvalue weighted by Crippen LogP contribution is -2.57. The van der Waals surface area contributed by atoms with Crippen LogP contribution in [0.15, 0.2) is 12.4 Å². The number of carbonyl (C=O) groups excluding carboxylic acids is 1. The Hall–Kier alpha value is -1.63. The minimum atomic E-state index is -0.541. The van der Waals surface area contributed by atoms with Gasteiger partial charge in [0, 0.05) is 12.1 Å². The molecule has 2 bridgehead atoms. The molecule has 7 heteroatoms. The van der Waals surface area contributed by atoms with Crippen LogP contribution in [0.3, 0.4) is 0 Å². The first kappa shape index (κ1) is 14.3. The molecule has 1 saturated carbocycles. The minimum absolute atomic E-state index is 0.198. The Morgan fingerprint density at radius 2 is 2.05 bits per heavy atom. The Bertz CT molecular complexity index is 510. The molecular formula is C14H23N5O2. The Balaban J connectivity index is 1.92. The first-order valence-electron chi connectivity index (χ1n) is 7.49. The second kappa shape index (κ2) is 4.98. The molecule has 1 aliphatic heterocycles. The third-order valence-electron chi connectivity index (χ3n) is 4.34. The van der Waals surface area contributed by atoms with Gasteiger partial charge in [0.15, 0.2) is 0 Å². The normalized spacial score (nSPS) is 32.3. The van der Waals surface area contributed by atoms with E-state index in [-0.39, 0.29) is 18.4 Å². The molecule has 3 rings (SSSR count). The van der Waals surface area contributed by atoms with Crippen molar-refractivity contribution in [3.8, 4) is 0 Å². The molecule has 7 nitrogen and oxygen atoms in total. The number of hydrogen-bond donors (Lipinski definition) is 1. The standard InChI is InChI=1S/C14H23N5O2/c1-14(2,3)21-13(20)19-11(15)9-4-5-10(8-9)12(19)18-7-6-16-17-18/h6-7,9-12H,4-5,8,15H2,1-3H3. The van der Waals surface area contributed by atoms with E-state index in [0.29, 0.717) is 11.8 Å². The SMILES string of the molecule is CC(C)(C)OC(=O)N1C(N)C2CCC(C2)C1n1ccnn1. The van der Waals surface area contributed by atoms with Gasteiger partial charge in [0.2, 0.25) is 0 Å². The number of amides is 1. The summed E-state index contributed by atoms with van der Waals surface area (Å²) in [4.78, 5) is 14.3. The highest BCUT2D eigenvalue weighted by atomic mass is 16.6. The minimum Gasteiger partial charge on any atom is -0.444 e. The van der Waals surface area contributed by atoms with Crippen LogP contribution in [0.5, 0.6) is 0 Å². The number of carbonyl (C=O) groups is 1. The first-order valence-corrected chi connectivity index (χ1v) is 7.49. The Kier molecular flexibility index (Phi) is 3.39. The number of aromatic nitrogens is 3. The molecule has 4 atom stereocenters. The number of likely N-dealkylation sites (tertiary alicyclic amines) is 1. The number of ether oxygens (including phenoxy) is 1. The van der Waals surface area contributed by atoms with Gasteiger partial charge >= 0.3 is 6.09 Å². The summed E-state index contributed by atoms with van der Waals surface area (Å²) in [7, 11) is 0. The highest BCUT2D eigenvalue weighted by Crippen LogP contribution is 2.47. The van der Waals surface area contributed by atoms with Crippen molar-refractivity contribution in [2.45, 2.75) is 58.0 Å². The third kappa shape index (κ3) is 2.62. The highest BCUT2D eigenvalue weighted by Gasteiger charge is 2.49. The number of rotatable bonds is 1. The Labute approximate surface area is 124 Å². The lowest BCUT2D eigenvalue weighted by Gasteiger charge is -2.44. The van der Waals surface area contributed by atoms with Crippen molar-refractivity contribution in [3.05, 3.63) is 12.4 Å². The van der Waals surface area contributed by atoms with E-state index in [2.05, 4.69) is 10.3 Å². The number of nitrogens with two attached hydrogens (primary N) is 1. The molecule has 1 aromatic rings. The zero-order valence-corrected chi connectivity index (χ0v) is 12.8. The molecule has 0 spiro atoms. The second-order valence-electron chi connectivity index (χ2n) is 7.01. The van der Waals surface area contributed by atoms with Crippen molar-refractivity contribution in [1.82, 2.24) is 19.9 Å². The summed E-state index contributed by atoms with van der Waals surface area (Å²) in [5.74, 6) is 0.714. The maximum atomic E-state index is 12.6. The molecule has 4 unspecified atom stereocenters. The van der Waals surface area contributed by atoms with E-state index in [9.17, 15) is 4.79 Å². The zero-order valence-electron chi connectivity index (χ0n) is 12.8. The van der Waals surface area contributed by atoms with Crippen LogP contribution in [0.2, 0.25) is 0 Å². The molecular weight excluding hydrogens is 270 g/mol. The van der Waals surface area contributed by atoms with Crippen LogP contribution in [-0.4, -0.2) is 37.8 Å². The lowest BCUT2D eigenvalue weighted by molar-refractivity contribution is -0.0430. The fraction of sp³-hybridized carbons (Fsp3) is 0.786. The maximum absolute atomic E-state index is 12.6. The fourth-order valence-corrected chi connectivity index (χ4v) is 3.51. The van der Waals surface area contributed by atoms with E-state index >= 15 is 0 Å². The first-order chi connectivity index (χ1) is 9.87. The average molecular weight is 293 g/mol. The van der Waals surface area contributed by atoms with E-state index in [0.717, 1.165) is 19.3 Å². The van der Waals surface area contributed by atoms with Gasteiger partial charge in [-0.2, -0.15) is 0 Å². The van der Waals surface area contributed by atoms with Crippen LogP contribution >= 0.6 is 0 Å². The van der Waals surface area contributed by atoms with Gasteiger partial charge in [-0.1, -0.05) is 5.21 Å². The van der Waals surface area contributed by atoms with Crippen LogP contribution < -0.4 is 5.73 Å². The fourth-order valence-electron chi connectivity index (χ4n) is 3.51. The summed E-state index contributed by atoms with van der Waals surface area (Å²) in [6.07, 6.45) is 5.66. The molecule has 0 aromatic carbocycles. The van der Waals surface area contributed by atoms with Gasteiger partial charge < -0.3 is 10.5 Å². The molecule has 21 heavy (non-hydrogen) atoms. The summed E-state index contributed by atoms with van der Waals surface area (Å²) < 4.78 is 7.28. The molecule has 1 amide bonds. The van der Waals surface area contributed by atoms with Crippen molar-refractivity contribution in [2.24, 2.45) is 17.6 Å². The Morgan fingerprint density at radius 1 is 1.33 bits per heavy atom. The largest absolute Gasteiger partial charge is 0.444 e. The van der Waals surface area contributed by atoms with Crippen LogP contribution in [-0.2, 0) is 4.74 Å². The molecule has 1 aliphatic carbocycles. The number of fused-ring (bicyclic) bond motifs is 2. The van der Waals surface area contributed by atoms with Gasteiger partial charge in [-0.3, -0.25) is 4.90 Å². The topological polar surface area (TPSA) is 86.3 Å². The molecule has 2 fully saturated rings. The molecule has 116 valence electrons. The van der Waals surface area contributed by atoms with Gasteiger partial charge in [0.25, 0.3) is 0 Å². The summed E-state index contributed by atoms with van der Waals surface area (Å²) >= 11 is 0. The quantitative estimate of drug-likeness (QED) is 0.852. The van der Waals surface area contributed by atoms with E-state index in [1.807, 2.05) is 20.8 Å². The second-order valence-corrected chi connectivity index (χ2v) is 7.01. The summed E-state index contributed by atoms with van der Waals surface area (Å²) in [5.41, 5.74) is 5.80. The van der Waals surface area contributed by atoms with E-state index in [4.69, 9.17) is 10.5 Å². The smallest absolute Gasteiger partial charge is 0.413 e. The molecule has 2 heterocycles. The van der Waals surface area contributed by atoms with Crippen molar-refractivity contribution in [3.63, 3.8) is 0 Å². The number of piperidine rings is 1. The van der Waals surface area contributed by atoms with Gasteiger partial charge in [-0.15, -0.1) is 5.10 Å². The van der Waals surface area contributed by atoms with E-state index in [1.54, 1.807) is 22.0 Å². The molecule has 1 aromatic heterocycles. The third-order valence-corrected chi connectivity index (χ3v) is 4.34. The van der Waals surface area contributed by atoms with Crippen molar-refractivity contribution in [2.75, 3.05) is 0 Å². The van der Waals surface area contributed by atoms with Gasteiger partial charge in [-0.25, -0.2) is 9.48 Å². The van der Waals surface area contributed by atoms with Gasteiger partial charge in [0.1, 0.15) is 11.8 Å². The van der Waals surface area contributed by atoms with Crippen LogP contribution in [0.25, 0.3) is 0 Å². The molecule has 0 radical (unpaired) electrons. The highest BCUT2D eigenvalue weighted by molar-refractivity contribution is 5.69. The number of hydrogen-bond acceptors (Lipinski definition) is 5. The van der Waals surface area contributed by atoms with E-state index < -0.39 is 5.60 Å².